The Morgan fingerprint density at radius 2 is 1.44 bits per heavy atom. The molecule has 32 heavy (non-hydrogen) atoms. The molecule has 0 unspecified atom stereocenters. The molecule has 2 aromatic carbocycles. The lowest BCUT2D eigenvalue weighted by atomic mass is 10.1. The Kier molecular flexibility index (Phi) is 8.95. The topological polar surface area (TPSA) is 86.8 Å². The van der Waals surface area contributed by atoms with Gasteiger partial charge in [-0.05, 0) is 62.7 Å². The first-order valence-corrected chi connectivity index (χ1v) is 12.6. The van der Waals surface area contributed by atoms with E-state index in [1.807, 2.05) is 13.8 Å². The minimum atomic E-state index is -3.78. The summed E-state index contributed by atoms with van der Waals surface area (Å²) in [6.45, 7) is 4.90. The van der Waals surface area contributed by atoms with Gasteiger partial charge in [0.15, 0.2) is 0 Å². The molecule has 0 fully saturated rings. The third-order valence-electron chi connectivity index (χ3n) is 4.66. The van der Waals surface area contributed by atoms with Crippen LogP contribution in [-0.2, 0) is 26.2 Å². The highest BCUT2D eigenvalue weighted by molar-refractivity contribution is 7.92. The average molecular weight is 500 g/mol. The van der Waals surface area contributed by atoms with E-state index in [2.05, 4.69) is 5.32 Å². The number of nitrogens with zero attached hydrogens (tertiary/aromatic N) is 2. The van der Waals surface area contributed by atoms with Crippen LogP contribution in [0.2, 0.25) is 10.0 Å². The minimum absolute atomic E-state index is 0.112. The molecular weight excluding hydrogens is 473 g/mol. The molecule has 0 aliphatic rings. The van der Waals surface area contributed by atoms with Gasteiger partial charge in [-0.3, -0.25) is 13.9 Å². The van der Waals surface area contributed by atoms with Crippen molar-refractivity contribution in [3.63, 3.8) is 0 Å². The van der Waals surface area contributed by atoms with E-state index in [1.54, 1.807) is 43.3 Å². The molecule has 2 rings (SSSR count). The fourth-order valence-corrected chi connectivity index (χ4v) is 4.10. The van der Waals surface area contributed by atoms with Crippen LogP contribution in [0.25, 0.3) is 0 Å². The van der Waals surface area contributed by atoms with Gasteiger partial charge >= 0.3 is 0 Å². The van der Waals surface area contributed by atoms with Crippen LogP contribution >= 0.6 is 23.2 Å². The van der Waals surface area contributed by atoms with E-state index < -0.39 is 28.5 Å². The quantitative estimate of drug-likeness (QED) is 0.569. The SMILES string of the molecule is CC(C)NC(=O)[C@@H](C)N(Cc1ccc(Cl)cc1)C(=O)CN(c1ccc(Cl)cc1)S(C)(=O)=O. The van der Waals surface area contributed by atoms with Crippen molar-refractivity contribution in [3.05, 3.63) is 64.1 Å². The van der Waals surface area contributed by atoms with Gasteiger partial charge < -0.3 is 10.2 Å². The molecule has 0 aliphatic heterocycles. The Hall–Kier alpha value is -2.29. The molecule has 2 amide bonds. The van der Waals surface area contributed by atoms with Crippen LogP contribution in [0.1, 0.15) is 26.3 Å². The number of hydrogen-bond donors (Lipinski definition) is 1. The van der Waals surface area contributed by atoms with Gasteiger partial charge in [-0.2, -0.15) is 0 Å². The Morgan fingerprint density at radius 3 is 1.91 bits per heavy atom. The van der Waals surface area contributed by atoms with Crippen LogP contribution in [0.5, 0.6) is 0 Å². The maximum absolute atomic E-state index is 13.3. The Bertz CT molecular complexity index is 1040. The van der Waals surface area contributed by atoms with Gasteiger partial charge in [-0.15, -0.1) is 0 Å². The zero-order valence-electron chi connectivity index (χ0n) is 18.4. The molecule has 2 aromatic rings. The number of nitrogens with one attached hydrogen (secondary N) is 1. The highest BCUT2D eigenvalue weighted by Gasteiger charge is 2.30. The zero-order chi connectivity index (χ0) is 24.1. The van der Waals surface area contributed by atoms with Crippen LogP contribution in [0, 0.1) is 0 Å². The van der Waals surface area contributed by atoms with Gasteiger partial charge in [0.05, 0.1) is 11.9 Å². The fourth-order valence-electron chi connectivity index (χ4n) is 3.00. The van der Waals surface area contributed by atoms with E-state index in [-0.39, 0.29) is 18.5 Å². The summed E-state index contributed by atoms with van der Waals surface area (Å²) in [7, 11) is -3.78. The van der Waals surface area contributed by atoms with Crippen LogP contribution in [0.15, 0.2) is 48.5 Å². The molecule has 0 heterocycles. The number of carbonyl (C=O) groups excluding carboxylic acids is 2. The molecule has 0 saturated heterocycles. The highest BCUT2D eigenvalue weighted by Crippen LogP contribution is 2.21. The molecule has 0 spiro atoms. The number of rotatable bonds is 9. The lowest BCUT2D eigenvalue weighted by Gasteiger charge is -2.32. The predicted molar refractivity (Wildman–Crippen MR) is 128 cm³/mol. The summed E-state index contributed by atoms with van der Waals surface area (Å²) >= 11 is 11.9. The van der Waals surface area contributed by atoms with Crippen molar-refractivity contribution in [3.8, 4) is 0 Å². The number of anilines is 1. The second-order valence-corrected chi connectivity index (χ2v) is 10.5. The van der Waals surface area contributed by atoms with Crippen LogP contribution < -0.4 is 9.62 Å². The lowest BCUT2D eigenvalue weighted by Crippen LogP contribution is -2.52. The van der Waals surface area contributed by atoms with Crippen LogP contribution in [0.4, 0.5) is 5.69 Å². The van der Waals surface area contributed by atoms with Crippen molar-refractivity contribution in [2.45, 2.75) is 39.4 Å². The van der Waals surface area contributed by atoms with Crippen molar-refractivity contribution in [1.82, 2.24) is 10.2 Å². The van der Waals surface area contributed by atoms with Crippen molar-refractivity contribution >= 4 is 50.7 Å². The van der Waals surface area contributed by atoms with Crippen molar-refractivity contribution < 1.29 is 18.0 Å². The maximum Gasteiger partial charge on any atom is 0.244 e. The van der Waals surface area contributed by atoms with Crippen molar-refractivity contribution in [2.24, 2.45) is 0 Å². The average Bonchev–Trinajstić information content (AvgIpc) is 2.70. The van der Waals surface area contributed by atoms with Gasteiger partial charge in [0.1, 0.15) is 12.6 Å². The first kappa shape index (κ1) is 26.0. The third-order valence-corrected chi connectivity index (χ3v) is 6.30. The Balaban J connectivity index is 2.36. The summed E-state index contributed by atoms with van der Waals surface area (Å²) in [5, 5.41) is 3.78. The molecule has 1 atom stereocenters. The molecule has 7 nitrogen and oxygen atoms in total. The smallest absolute Gasteiger partial charge is 0.244 e. The molecule has 10 heteroatoms. The lowest BCUT2D eigenvalue weighted by molar-refractivity contribution is -0.139. The Morgan fingerprint density at radius 1 is 0.938 bits per heavy atom. The third kappa shape index (κ3) is 7.39. The van der Waals surface area contributed by atoms with Crippen molar-refractivity contribution in [1.29, 1.82) is 0 Å². The molecule has 1 N–H and O–H groups in total. The normalized spacial score (nSPS) is 12.3. The van der Waals surface area contributed by atoms with Gasteiger partial charge in [0, 0.05) is 22.6 Å². The molecule has 0 bridgehead atoms. The van der Waals surface area contributed by atoms with Crippen LogP contribution in [0.3, 0.4) is 0 Å². The van der Waals surface area contributed by atoms with Gasteiger partial charge in [-0.25, -0.2) is 8.42 Å². The van der Waals surface area contributed by atoms with E-state index in [4.69, 9.17) is 23.2 Å². The van der Waals surface area contributed by atoms with Gasteiger partial charge in [0.25, 0.3) is 0 Å². The summed E-state index contributed by atoms with van der Waals surface area (Å²) < 4.78 is 25.9. The molecular formula is C22H27Cl2N3O4S. The molecule has 0 aromatic heterocycles. The largest absolute Gasteiger partial charge is 0.352 e. The summed E-state index contributed by atoms with van der Waals surface area (Å²) in [5.41, 5.74) is 1.06. The van der Waals surface area contributed by atoms with E-state index in [0.717, 1.165) is 16.1 Å². The zero-order valence-corrected chi connectivity index (χ0v) is 20.7. The first-order chi connectivity index (χ1) is 14.9. The molecule has 0 radical (unpaired) electrons. The summed E-state index contributed by atoms with van der Waals surface area (Å²) in [4.78, 5) is 27.3. The summed E-state index contributed by atoms with van der Waals surface area (Å²) in [5.74, 6) is -0.855. The van der Waals surface area contributed by atoms with E-state index >= 15 is 0 Å². The van der Waals surface area contributed by atoms with E-state index in [0.29, 0.717) is 15.7 Å². The molecule has 0 saturated carbocycles. The standard InChI is InChI=1S/C22H27Cl2N3O4S/c1-15(2)25-22(29)16(3)26(13-17-5-7-18(23)8-6-17)21(28)14-27(32(4,30)31)20-11-9-19(24)10-12-20/h5-12,15-16H,13-14H2,1-4H3,(H,25,29)/t16-/m1/s1. The second kappa shape index (κ2) is 11.0. The molecule has 174 valence electrons. The monoisotopic (exact) mass is 499 g/mol. The molecule has 0 aliphatic carbocycles. The van der Waals surface area contributed by atoms with E-state index in [9.17, 15) is 18.0 Å². The number of sulfonamides is 1. The second-order valence-electron chi connectivity index (χ2n) is 7.73. The number of halogens is 2. The van der Waals surface area contributed by atoms with Crippen molar-refractivity contribution in [2.75, 3.05) is 17.1 Å². The number of benzene rings is 2. The maximum atomic E-state index is 13.3. The first-order valence-electron chi connectivity index (χ1n) is 9.96. The number of amides is 2. The number of hydrogen-bond acceptors (Lipinski definition) is 4. The summed E-state index contributed by atoms with van der Waals surface area (Å²) in [6.07, 6.45) is 1.02. The summed E-state index contributed by atoms with van der Waals surface area (Å²) in [6, 6.07) is 12.1. The number of carbonyl (C=O) groups is 2. The fraction of sp³-hybridized carbons (Fsp3) is 0.364. The van der Waals surface area contributed by atoms with Crippen LogP contribution in [-0.4, -0.2) is 50.0 Å². The minimum Gasteiger partial charge on any atom is -0.352 e. The predicted octanol–water partition coefficient (Wildman–Crippen LogP) is 3.70. The van der Waals surface area contributed by atoms with Gasteiger partial charge in [-0.1, -0.05) is 35.3 Å². The highest BCUT2D eigenvalue weighted by atomic mass is 35.5. The van der Waals surface area contributed by atoms with Gasteiger partial charge in [0.2, 0.25) is 21.8 Å². The Labute approximate surface area is 199 Å². The van der Waals surface area contributed by atoms with E-state index in [1.165, 1.54) is 17.0 Å².